The second kappa shape index (κ2) is 7.36. The SMILES string of the molecule is COc1cc(C(=O)Oc2ccc(C(=O)O)cc2)cc(OC)c1OC. The zero-order valence-corrected chi connectivity index (χ0v) is 13.4. The fourth-order valence-electron chi connectivity index (χ4n) is 2.03. The van der Waals surface area contributed by atoms with Gasteiger partial charge >= 0.3 is 11.9 Å². The van der Waals surface area contributed by atoms with Crippen LogP contribution in [0.2, 0.25) is 0 Å². The van der Waals surface area contributed by atoms with Gasteiger partial charge in [-0.1, -0.05) is 0 Å². The maximum absolute atomic E-state index is 12.3. The van der Waals surface area contributed by atoms with Gasteiger partial charge in [0.25, 0.3) is 0 Å². The summed E-state index contributed by atoms with van der Waals surface area (Å²) in [6.45, 7) is 0. The van der Waals surface area contributed by atoms with Crippen LogP contribution in [0.4, 0.5) is 0 Å². The van der Waals surface area contributed by atoms with Gasteiger partial charge in [0.15, 0.2) is 11.5 Å². The molecule has 0 fully saturated rings. The van der Waals surface area contributed by atoms with Crippen molar-refractivity contribution in [1.82, 2.24) is 0 Å². The standard InChI is InChI=1S/C17H16O7/c1-21-13-8-11(9-14(22-2)15(13)23-3)17(20)24-12-6-4-10(5-7-12)16(18)19/h4-9H,1-3H3,(H,18,19). The van der Waals surface area contributed by atoms with Crippen LogP contribution in [0.1, 0.15) is 20.7 Å². The molecule has 0 radical (unpaired) electrons. The molecule has 0 amide bonds. The van der Waals surface area contributed by atoms with E-state index in [4.69, 9.17) is 24.1 Å². The Bertz CT molecular complexity index is 725. The van der Waals surface area contributed by atoms with E-state index < -0.39 is 11.9 Å². The normalized spacial score (nSPS) is 9.96. The molecule has 7 heteroatoms. The van der Waals surface area contributed by atoms with Crippen LogP contribution in [0.5, 0.6) is 23.0 Å². The summed E-state index contributed by atoms with van der Waals surface area (Å²) in [5.74, 6) is -0.467. The summed E-state index contributed by atoms with van der Waals surface area (Å²) in [7, 11) is 4.34. The Kier molecular flexibility index (Phi) is 5.26. The van der Waals surface area contributed by atoms with Crippen LogP contribution in [-0.2, 0) is 0 Å². The average Bonchev–Trinajstić information content (AvgIpc) is 2.60. The number of ether oxygens (including phenoxy) is 4. The van der Waals surface area contributed by atoms with Crippen LogP contribution >= 0.6 is 0 Å². The van der Waals surface area contributed by atoms with Crippen molar-refractivity contribution in [3.05, 3.63) is 47.5 Å². The monoisotopic (exact) mass is 332 g/mol. The maximum atomic E-state index is 12.3. The first-order chi connectivity index (χ1) is 11.5. The highest BCUT2D eigenvalue weighted by Crippen LogP contribution is 2.38. The summed E-state index contributed by atoms with van der Waals surface area (Å²) in [6.07, 6.45) is 0. The summed E-state index contributed by atoms with van der Waals surface area (Å²) >= 11 is 0. The average molecular weight is 332 g/mol. The van der Waals surface area contributed by atoms with E-state index in [0.717, 1.165) is 0 Å². The number of aromatic carboxylic acids is 1. The van der Waals surface area contributed by atoms with Gasteiger partial charge in [-0.05, 0) is 36.4 Å². The summed E-state index contributed by atoms with van der Waals surface area (Å²) in [5.41, 5.74) is 0.300. The lowest BCUT2D eigenvalue weighted by Crippen LogP contribution is -2.10. The molecule has 0 heterocycles. The van der Waals surface area contributed by atoms with E-state index in [1.165, 1.54) is 57.7 Å². The number of carboxylic acid groups (broad SMARTS) is 1. The van der Waals surface area contributed by atoms with E-state index in [0.29, 0.717) is 17.2 Å². The van der Waals surface area contributed by atoms with Crippen molar-refractivity contribution in [3.63, 3.8) is 0 Å². The number of carboxylic acids is 1. The van der Waals surface area contributed by atoms with Gasteiger partial charge in [-0.15, -0.1) is 0 Å². The van der Waals surface area contributed by atoms with Crippen LogP contribution in [0.3, 0.4) is 0 Å². The van der Waals surface area contributed by atoms with Gasteiger partial charge in [-0.25, -0.2) is 9.59 Å². The van der Waals surface area contributed by atoms with Crippen LogP contribution in [0.25, 0.3) is 0 Å². The Morgan fingerprint density at radius 2 is 1.38 bits per heavy atom. The first kappa shape index (κ1) is 17.1. The minimum Gasteiger partial charge on any atom is -0.493 e. The van der Waals surface area contributed by atoms with Crippen molar-refractivity contribution in [3.8, 4) is 23.0 Å². The third-order valence-corrected chi connectivity index (χ3v) is 3.21. The molecule has 1 N–H and O–H groups in total. The fraction of sp³-hybridized carbons (Fsp3) is 0.176. The number of hydrogen-bond acceptors (Lipinski definition) is 6. The Labute approximate surface area is 138 Å². The predicted molar refractivity (Wildman–Crippen MR) is 84.5 cm³/mol. The van der Waals surface area contributed by atoms with Gasteiger partial charge in [0.2, 0.25) is 5.75 Å². The lowest BCUT2D eigenvalue weighted by Gasteiger charge is -2.13. The van der Waals surface area contributed by atoms with Crippen molar-refractivity contribution in [1.29, 1.82) is 0 Å². The number of esters is 1. The number of carbonyl (C=O) groups excluding carboxylic acids is 1. The van der Waals surface area contributed by atoms with Gasteiger partial charge < -0.3 is 24.1 Å². The lowest BCUT2D eigenvalue weighted by molar-refractivity contribution is 0.0696. The highest BCUT2D eigenvalue weighted by Gasteiger charge is 2.18. The molecule has 0 aliphatic rings. The fourth-order valence-corrected chi connectivity index (χ4v) is 2.03. The summed E-state index contributed by atoms with van der Waals surface area (Å²) < 4.78 is 20.8. The van der Waals surface area contributed by atoms with Gasteiger partial charge in [-0.3, -0.25) is 0 Å². The molecule has 0 bridgehead atoms. The molecule has 0 aromatic heterocycles. The van der Waals surface area contributed by atoms with Gasteiger partial charge in [-0.2, -0.15) is 0 Å². The van der Waals surface area contributed by atoms with Gasteiger partial charge in [0.05, 0.1) is 32.5 Å². The highest BCUT2D eigenvalue weighted by atomic mass is 16.5. The largest absolute Gasteiger partial charge is 0.493 e. The maximum Gasteiger partial charge on any atom is 0.343 e. The zero-order valence-electron chi connectivity index (χ0n) is 13.4. The molecular formula is C17H16O7. The molecule has 7 nitrogen and oxygen atoms in total. The second-order valence-corrected chi connectivity index (χ2v) is 4.63. The summed E-state index contributed by atoms with van der Waals surface area (Å²) in [4.78, 5) is 23.1. The highest BCUT2D eigenvalue weighted by molar-refractivity contribution is 5.93. The molecule has 2 rings (SSSR count). The third-order valence-electron chi connectivity index (χ3n) is 3.21. The van der Waals surface area contributed by atoms with Crippen molar-refractivity contribution in [2.24, 2.45) is 0 Å². The van der Waals surface area contributed by atoms with E-state index in [1.807, 2.05) is 0 Å². The predicted octanol–water partition coefficient (Wildman–Crippen LogP) is 2.63. The van der Waals surface area contributed by atoms with E-state index in [2.05, 4.69) is 0 Å². The van der Waals surface area contributed by atoms with Crippen LogP contribution < -0.4 is 18.9 Å². The minimum absolute atomic E-state index is 0.0996. The number of carbonyl (C=O) groups is 2. The van der Waals surface area contributed by atoms with Gasteiger partial charge in [0, 0.05) is 0 Å². The smallest absolute Gasteiger partial charge is 0.343 e. The van der Waals surface area contributed by atoms with E-state index in [9.17, 15) is 9.59 Å². The summed E-state index contributed by atoms with van der Waals surface area (Å²) in [5, 5.41) is 8.85. The van der Waals surface area contributed by atoms with Crippen LogP contribution in [0.15, 0.2) is 36.4 Å². The topological polar surface area (TPSA) is 91.3 Å². The number of benzene rings is 2. The molecule has 0 unspecified atom stereocenters. The molecule has 0 aliphatic carbocycles. The number of methoxy groups -OCH3 is 3. The number of hydrogen-bond donors (Lipinski definition) is 1. The molecule has 2 aromatic carbocycles. The molecular weight excluding hydrogens is 316 g/mol. The van der Waals surface area contributed by atoms with E-state index in [1.54, 1.807) is 0 Å². The lowest BCUT2D eigenvalue weighted by atomic mass is 10.1. The molecule has 0 aliphatic heterocycles. The summed E-state index contributed by atoms with van der Waals surface area (Å²) in [6, 6.07) is 8.43. The second-order valence-electron chi connectivity index (χ2n) is 4.63. The third kappa shape index (κ3) is 3.57. The van der Waals surface area contributed by atoms with Crippen LogP contribution in [-0.4, -0.2) is 38.4 Å². The van der Waals surface area contributed by atoms with Crippen molar-refractivity contribution in [2.75, 3.05) is 21.3 Å². The van der Waals surface area contributed by atoms with E-state index in [-0.39, 0.29) is 16.9 Å². The molecule has 0 saturated heterocycles. The Morgan fingerprint density at radius 1 is 0.833 bits per heavy atom. The van der Waals surface area contributed by atoms with Crippen molar-refractivity contribution >= 4 is 11.9 Å². The van der Waals surface area contributed by atoms with Crippen molar-refractivity contribution in [2.45, 2.75) is 0 Å². The first-order valence-corrected chi connectivity index (χ1v) is 6.85. The Morgan fingerprint density at radius 3 is 1.79 bits per heavy atom. The van der Waals surface area contributed by atoms with E-state index >= 15 is 0 Å². The molecule has 2 aromatic rings. The number of rotatable bonds is 6. The molecule has 0 saturated carbocycles. The first-order valence-electron chi connectivity index (χ1n) is 6.85. The van der Waals surface area contributed by atoms with Gasteiger partial charge in [0.1, 0.15) is 5.75 Å². The van der Waals surface area contributed by atoms with Crippen LogP contribution in [0, 0.1) is 0 Å². The quantitative estimate of drug-likeness (QED) is 0.642. The molecule has 126 valence electrons. The molecule has 0 atom stereocenters. The zero-order chi connectivity index (χ0) is 17.7. The molecule has 24 heavy (non-hydrogen) atoms. The van der Waals surface area contributed by atoms with Crippen molar-refractivity contribution < 1.29 is 33.6 Å². The molecule has 0 spiro atoms. The Balaban J connectivity index is 2.27. The Hall–Kier alpha value is -3.22. The minimum atomic E-state index is -1.06.